The largest absolute Gasteiger partial charge is 0.398 e. The van der Waals surface area contributed by atoms with Crippen LogP contribution in [0, 0.1) is 0 Å². The third-order valence-corrected chi connectivity index (χ3v) is 3.85. The summed E-state index contributed by atoms with van der Waals surface area (Å²) in [6.07, 6.45) is 5.20. The van der Waals surface area contributed by atoms with E-state index < -0.39 is 0 Å². The molecular formula is C19H20N2. The van der Waals surface area contributed by atoms with E-state index in [2.05, 4.69) is 54.0 Å². The number of nitrogens with zero attached hydrogens (tertiary/aromatic N) is 1. The van der Waals surface area contributed by atoms with E-state index in [1.54, 1.807) is 0 Å². The minimum Gasteiger partial charge on any atom is -0.398 e. The molecule has 21 heavy (non-hydrogen) atoms. The topological polar surface area (TPSA) is 30.9 Å². The SMILES string of the molecule is C/C=C\c1c(CC)n(-c2ccccc2)c2cccc(N)c12. The second-order valence-corrected chi connectivity index (χ2v) is 5.13. The Bertz CT molecular complexity index is 795. The van der Waals surface area contributed by atoms with Crippen molar-refractivity contribution < 1.29 is 0 Å². The summed E-state index contributed by atoms with van der Waals surface area (Å²) in [6, 6.07) is 16.6. The Kier molecular flexibility index (Phi) is 3.53. The summed E-state index contributed by atoms with van der Waals surface area (Å²) in [5.41, 5.74) is 12.0. The lowest BCUT2D eigenvalue weighted by Gasteiger charge is -2.10. The molecule has 1 aromatic heterocycles. The molecule has 0 saturated heterocycles. The zero-order valence-corrected chi connectivity index (χ0v) is 12.5. The van der Waals surface area contributed by atoms with Crippen LogP contribution in [0.4, 0.5) is 5.69 Å². The molecule has 1 heterocycles. The van der Waals surface area contributed by atoms with E-state index in [4.69, 9.17) is 5.73 Å². The fraction of sp³-hybridized carbons (Fsp3) is 0.158. The van der Waals surface area contributed by atoms with Gasteiger partial charge < -0.3 is 10.3 Å². The van der Waals surface area contributed by atoms with Gasteiger partial charge in [0.05, 0.1) is 5.52 Å². The van der Waals surface area contributed by atoms with Crippen molar-refractivity contribution in [2.75, 3.05) is 5.73 Å². The van der Waals surface area contributed by atoms with Crippen LogP contribution in [0.15, 0.2) is 54.6 Å². The van der Waals surface area contributed by atoms with Gasteiger partial charge in [0.2, 0.25) is 0 Å². The molecule has 106 valence electrons. The number of benzene rings is 2. The van der Waals surface area contributed by atoms with Gasteiger partial charge in [-0.3, -0.25) is 0 Å². The Balaban J connectivity index is 2.47. The van der Waals surface area contributed by atoms with Crippen molar-refractivity contribution in [3.8, 4) is 5.69 Å². The highest BCUT2D eigenvalue weighted by Gasteiger charge is 2.16. The third-order valence-electron chi connectivity index (χ3n) is 3.85. The molecule has 0 saturated carbocycles. The van der Waals surface area contributed by atoms with Gasteiger partial charge in [-0.2, -0.15) is 0 Å². The van der Waals surface area contributed by atoms with Gasteiger partial charge in [-0.1, -0.05) is 43.3 Å². The quantitative estimate of drug-likeness (QED) is 0.684. The summed E-state index contributed by atoms with van der Waals surface area (Å²) in [7, 11) is 0. The normalized spacial score (nSPS) is 11.5. The van der Waals surface area contributed by atoms with Crippen LogP contribution in [0.5, 0.6) is 0 Å². The van der Waals surface area contributed by atoms with Crippen molar-refractivity contribution in [2.45, 2.75) is 20.3 Å². The molecular weight excluding hydrogens is 256 g/mol. The van der Waals surface area contributed by atoms with Gasteiger partial charge in [-0.05, 0) is 37.6 Å². The van der Waals surface area contributed by atoms with E-state index in [-0.39, 0.29) is 0 Å². The molecule has 2 aromatic carbocycles. The van der Waals surface area contributed by atoms with Crippen molar-refractivity contribution in [3.63, 3.8) is 0 Å². The van der Waals surface area contributed by atoms with Crippen LogP contribution in [0.1, 0.15) is 25.1 Å². The number of hydrogen-bond donors (Lipinski definition) is 1. The molecule has 2 heteroatoms. The molecule has 3 rings (SSSR count). The average Bonchev–Trinajstić information content (AvgIpc) is 2.83. The maximum atomic E-state index is 6.26. The van der Waals surface area contributed by atoms with Crippen molar-refractivity contribution >= 4 is 22.7 Å². The molecule has 0 aliphatic heterocycles. The van der Waals surface area contributed by atoms with E-state index in [9.17, 15) is 0 Å². The average molecular weight is 276 g/mol. The van der Waals surface area contributed by atoms with E-state index in [0.29, 0.717) is 0 Å². The van der Waals surface area contributed by atoms with Crippen LogP contribution in [-0.4, -0.2) is 4.57 Å². The summed E-state index contributed by atoms with van der Waals surface area (Å²) in [5, 5.41) is 1.15. The Hall–Kier alpha value is -2.48. The van der Waals surface area contributed by atoms with Crippen molar-refractivity contribution in [2.24, 2.45) is 0 Å². The second kappa shape index (κ2) is 5.49. The summed E-state index contributed by atoms with van der Waals surface area (Å²) in [5.74, 6) is 0. The first-order valence-corrected chi connectivity index (χ1v) is 7.37. The van der Waals surface area contributed by atoms with Gasteiger partial charge in [0.1, 0.15) is 0 Å². The van der Waals surface area contributed by atoms with E-state index in [0.717, 1.165) is 17.5 Å². The van der Waals surface area contributed by atoms with E-state index >= 15 is 0 Å². The number of para-hydroxylation sites is 1. The standard InChI is InChI=1S/C19H20N2/c1-3-9-15-17(4-2)21(14-10-6-5-7-11-14)18-13-8-12-16(20)19(15)18/h3,5-13H,4,20H2,1-2H3/b9-3-. The second-order valence-electron chi connectivity index (χ2n) is 5.13. The molecule has 0 aliphatic carbocycles. The molecule has 0 unspecified atom stereocenters. The molecule has 0 amide bonds. The molecule has 0 spiro atoms. The first-order valence-electron chi connectivity index (χ1n) is 7.37. The fourth-order valence-corrected chi connectivity index (χ4v) is 3.01. The zero-order chi connectivity index (χ0) is 14.8. The van der Waals surface area contributed by atoms with Crippen LogP contribution in [0.2, 0.25) is 0 Å². The number of fused-ring (bicyclic) bond motifs is 1. The van der Waals surface area contributed by atoms with Crippen LogP contribution >= 0.6 is 0 Å². The van der Waals surface area contributed by atoms with Crippen molar-refractivity contribution in [1.29, 1.82) is 0 Å². The Morgan fingerprint density at radius 3 is 2.48 bits per heavy atom. The third kappa shape index (κ3) is 2.13. The lowest BCUT2D eigenvalue weighted by atomic mass is 10.1. The Morgan fingerprint density at radius 2 is 1.81 bits per heavy atom. The van der Waals surface area contributed by atoms with E-state index in [1.165, 1.54) is 22.5 Å². The smallest absolute Gasteiger partial charge is 0.0558 e. The Labute approximate surface area is 125 Å². The minimum atomic E-state index is 0.838. The zero-order valence-electron chi connectivity index (χ0n) is 12.5. The Morgan fingerprint density at radius 1 is 1.05 bits per heavy atom. The van der Waals surface area contributed by atoms with Crippen LogP contribution in [0.25, 0.3) is 22.7 Å². The predicted octanol–water partition coefficient (Wildman–Crippen LogP) is 4.81. The summed E-state index contributed by atoms with van der Waals surface area (Å²) >= 11 is 0. The minimum absolute atomic E-state index is 0.838. The van der Waals surface area contributed by atoms with Gasteiger partial charge >= 0.3 is 0 Å². The molecule has 0 fully saturated rings. The number of hydrogen-bond acceptors (Lipinski definition) is 1. The molecule has 3 aromatic rings. The number of aromatic nitrogens is 1. The first kappa shape index (κ1) is 13.5. The lowest BCUT2D eigenvalue weighted by Crippen LogP contribution is -1.99. The highest BCUT2D eigenvalue weighted by atomic mass is 15.0. The number of rotatable bonds is 3. The lowest BCUT2D eigenvalue weighted by molar-refractivity contribution is 0.957. The summed E-state index contributed by atoms with van der Waals surface area (Å²) in [6.45, 7) is 4.24. The van der Waals surface area contributed by atoms with Crippen molar-refractivity contribution in [1.82, 2.24) is 4.57 Å². The summed E-state index contributed by atoms with van der Waals surface area (Å²) in [4.78, 5) is 0. The van der Waals surface area contributed by atoms with Crippen LogP contribution < -0.4 is 5.73 Å². The molecule has 2 nitrogen and oxygen atoms in total. The predicted molar refractivity (Wildman–Crippen MR) is 91.8 cm³/mol. The number of allylic oxidation sites excluding steroid dienone is 1. The van der Waals surface area contributed by atoms with Crippen LogP contribution in [0.3, 0.4) is 0 Å². The molecule has 0 aliphatic rings. The maximum Gasteiger partial charge on any atom is 0.0558 e. The monoisotopic (exact) mass is 276 g/mol. The maximum absolute atomic E-state index is 6.26. The van der Waals surface area contributed by atoms with Crippen LogP contribution in [-0.2, 0) is 6.42 Å². The number of nitrogen functional groups attached to an aromatic ring is 1. The number of nitrogens with two attached hydrogens (primary N) is 1. The number of anilines is 1. The van der Waals surface area contributed by atoms with Gasteiger partial charge in [0.25, 0.3) is 0 Å². The fourth-order valence-electron chi connectivity index (χ4n) is 3.01. The van der Waals surface area contributed by atoms with Crippen molar-refractivity contribution in [3.05, 3.63) is 65.9 Å². The van der Waals surface area contributed by atoms with Gasteiger partial charge in [0.15, 0.2) is 0 Å². The summed E-state index contributed by atoms with van der Waals surface area (Å²) < 4.78 is 2.32. The highest BCUT2D eigenvalue weighted by molar-refractivity contribution is 6.00. The van der Waals surface area contributed by atoms with Gasteiger partial charge in [-0.15, -0.1) is 0 Å². The van der Waals surface area contributed by atoms with E-state index in [1.807, 2.05) is 25.1 Å². The molecule has 0 atom stereocenters. The van der Waals surface area contributed by atoms with Gasteiger partial charge in [-0.25, -0.2) is 0 Å². The van der Waals surface area contributed by atoms with Gasteiger partial charge in [0, 0.05) is 28.0 Å². The molecule has 0 radical (unpaired) electrons. The first-order chi connectivity index (χ1) is 10.3. The molecule has 0 bridgehead atoms. The highest BCUT2D eigenvalue weighted by Crippen LogP contribution is 2.34. The molecule has 2 N–H and O–H groups in total.